The Kier molecular flexibility index (Phi) is 3.69. The number of halogens is 5. The van der Waals surface area contributed by atoms with Crippen molar-refractivity contribution in [2.75, 3.05) is 6.86 Å². The Morgan fingerprint density at radius 3 is 1.95 bits per heavy atom. The molecule has 0 N–H and O–H groups in total. The molecule has 0 aromatic heterocycles. The second-order valence-corrected chi connectivity index (χ2v) is 3.58. The third kappa shape index (κ3) is 2.25. The molecule has 0 unspecified atom stereocenters. The minimum Gasteiger partial charge on any atom is -0.459 e. The van der Waals surface area contributed by atoms with Crippen molar-refractivity contribution in [1.82, 2.24) is 0 Å². The standard InChI is InChI=1S/C13H7F5O/c14-6-19-13-8(7-4-2-1-3-5-7)9(15)10(16)11(17)12(13)18/h1-5H,6H2. The fourth-order valence-corrected chi connectivity index (χ4v) is 1.66. The first-order valence-corrected chi connectivity index (χ1v) is 5.18. The fourth-order valence-electron chi connectivity index (χ4n) is 1.66. The Bertz CT molecular complexity index is 598. The molecule has 6 heteroatoms. The Hall–Kier alpha value is -2.11. The Morgan fingerprint density at radius 2 is 1.37 bits per heavy atom. The van der Waals surface area contributed by atoms with E-state index < -0.39 is 41.4 Å². The van der Waals surface area contributed by atoms with Crippen LogP contribution in [0.3, 0.4) is 0 Å². The number of benzene rings is 2. The monoisotopic (exact) mass is 274 g/mol. The van der Waals surface area contributed by atoms with Crippen molar-refractivity contribution in [3.8, 4) is 16.9 Å². The zero-order valence-electron chi connectivity index (χ0n) is 9.39. The summed E-state index contributed by atoms with van der Waals surface area (Å²) < 4.78 is 70.0. The fraction of sp³-hybridized carbons (Fsp3) is 0.0769. The van der Waals surface area contributed by atoms with E-state index in [4.69, 9.17) is 0 Å². The molecular weight excluding hydrogens is 267 g/mol. The lowest BCUT2D eigenvalue weighted by atomic mass is 10.0. The van der Waals surface area contributed by atoms with E-state index >= 15 is 0 Å². The maximum Gasteiger partial charge on any atom is 0.228 e. The van der Waals surface area contributed by atoms with E-state index in [2.05, 4.69) is 4.74 Å². The van der Waals surface area contributed by atoms with Gasteiger partial charge in [0.1, 0.15) is 0 Å². The van der Waals surface area contributed by atoms with Crippen molar-refractivity contribution in [1.29, 1.82) is 0 Å². The molecule has 1 nitrogen and oxygen atoms in total. The van der Waals surface area contributed by atoms with Crippen LogP contribution in [0.15, 0.2) is 30.3 Å². The molecule has 0 aliphatic carbocycles. The van der Waals surface area contributed by atoms with E-state index in [0.29, 0.717) is 0 Å². The first-order chi connectivity index (χ1) is 9.07. The molecule has 0 heterocycles. The van der Waals surface area contributed by atoms with Crippen LogP contribution < -0.4 is 4.74 Å². The van der Waals surface area contributed by atoms with Crippen LogP contribution >= 0.6 is 0 Å². The van der Waals surface area contributed by atoms with Gasteiger partial charge in [0.25, 0.3) is 0 Å². The first-order valence-electron chi connectivity index (χ1n) is 5.18. The van der Waals surface area contributed by atoms with Crippen LogP contribution in [-0.4, -0.2) is 6.86 Å². The average Bonchev–Trinajstić information content (AvgIpc) is 2.44. The SMILES string of the molecule is FCOc1c(F)c(F)c(F)c(F)c1-c1ccccc1. The van der Waals surface area contributed by atoms with Gasteiger partial charge in [-0.1, -0.05) is 30.3 Å². The smallest absolute Gasteiger partial charge is 0.228 e. The molecule has 0 aliphatic heterocycles. The van der Waals surface area contributed by atoms with Crippen molar-refractivity contribution in [2.24, 2.45) is 0 Å². The molecule has 19 heavy (non-hydrogen) atoms. The van der Waals surface area contributed by atoms with E-state index in [9.17, 15) is 22.0 Å². The van der Waals surface area contributed by atoms with Crippen molar-refractivity contribution in [3.05, 3.63) is 53.6 Å². The van der Waals surface area contributed by atoms with Crippen molar-refractivity contribution < 1.29 is 26.7 Å². The molecular formula is C13H7F5O. The van der Waals surface area contributed by atoms with Gasteiger partial charge in [-0.3, -0.25) is 0 Å². The summed E-state index contributed by atoms with van der Waals surface area (Å²) in [5.74, 6) is -8.41. The van der Waals surface area contributed by atoms with Crippen molar-refractivity contribution >= 4 is 0 Å². The molecule has 2 rings (SSSR count). The minimum atomic E-state index is -2.04. The van der Waals surface area contributed by atoms with Gasteiger partial charge >= 0.3 is 0 Å². The van der Waals surface area contributed by atoms with Crippen LogP contribution in [0.5, 0.6) is 5.75 Å². The number of ether oxygens (including phenoxy) is 1. The average molecular weight is 274 g/mol. The van der Waals surface area contributed by atoms with Gasteiger partial charge in [0.2, 0.25) is 18.5 Å². The van der Waals surface area contributed by atoms with E-state index in [1.807, 2.05) is 0 Å². The molecule has 100 valence electrons. The summed E-state index contributed by atoms with van der Waals surface area (Å²) in [5, 5.41) is 0. The normalized spacial score (nSPS) is 10.6. The highest BCUT2D eigenvalue weighted by molar-refractivity contribution is 5.71. The Balaban J connectivity index is 2.78. The van der Waals surface area contributed by atoms with Crippen LogP contribution in [0.1, 0.15) is 0 Å². The topological polar surface area (TPSA) is 9.23 Å². The van der Waals surface area contributed by atoms with Crippen molar-refractivity contribution in [3.63, 3.8) is 0 Å². The molecule has 0 spiro atoms. The van der Waals surface area contributed by atoms with Gasteiger partial charge in [-0.15, -0.1) is 0 Å². The number of rotatable bonds is 3. The molecule has 0 amide bonds. The minimum absolute atomic E-state index is 0.0428. The van der Waals surface area contributed by atoms with Crippen molar-refractivity contribution in [2.45, 2.75) is 0 Å². The van der Waals surface area contributed by atoms with Gasteiger partial charge in [0, 0.05) is 0 Å². The quantitative estimate of drug-likeness (QED) is 0.462. The molecule has 0 saturated heterocycles. The third-order valence-corrected chi connectivity index (χ3v) is 2.49. The van der Waals surface area contributed by atoms with E-state index in [1.54, 1.807) is 6.07 Å². The summed E-state index contributed by atoms with van der Waals surface area (Å²) in [6, 6.07) is 7.22. The largest absolute Gasteiger partial charge is 0.459 e. The van der Waals surface area contributed by atoms with Gasteiger partial charge in [-0.2, -0.15) is 4.39 Å². The second-order valence-electron chi connectivity index (χ2n) is 3.58. The number of hydrogen-bond donors (Lipinski definition) is 0. The van der Waals surface area contributed by atoms with Crippen LogP contribution in [0.4, 0.5) is 22.0 Å². The maximum atomic E-state index is 13.7. The summed E-state index contributed by atoms with van der Waals surface area (Å²) in [4.78, 5) is 0. The highest BCUT2D eigenvalue weighted by atomic mass is 19.2. The van der Waals surface area contributed by atoms with Gasteiger partial charge in [-0.25, -0.2) is 17.6 Å². The number of alkyl halides is 1. The van der Waals surface area contributed by atoms with Crippen LogP contribution in [0.2, 0.25) is 0 Å². The lowest BCUT2D eigenvalue weighted by Gasteiger charge is -2.13. The maximum absolute atomic E-state index is 13.7. The molecule has 0 bridgehead atoms. The Labute approximate surface area is 105 Å². The molecule has 0 radical (unpaired) electrons. The van der Waals surface area contributed by atoms with Crippen LogP contribution in [0, 0.1) is 23.3 Å². The summed E-state index contributed by atoms with van der Waals surface area (Å²) in [5.41, 5.74) is -0.615. The van der Waals surface area contributed by atoms with Gasteiger partial charge < -0.3 is 4.74 Å². The summed E-state index contributed by atoms with van der Waals surface area (Å²) >= 11 is 0. The first kappa shape index (κ1) is 13.3. The van der Waals surface area contributed by atoms with E-state index in [0.717, 1.165) is 0 Å². The zero-order chi connectivity index (χ0) is 14.0. The summed E-state index contributed by atoms with van der Waals surface area (Å²) in [7, 11) is 0. The zero-order valence-corrected chi connectivity index (χ0v) is 9.39. The molecule has 0 fully saturated rings. The molecule has 0 aliphatic rings. The number of hydrogen-bond acceptors (Lipinski definition) is 1. The Morgan fingerprint density at radius 1 is 0.789 bits per heavy atom. The van der Waals surface area contributed by atoms with E-state index in [1.165, 1.54) is 24.3 Å². The second kappa shape index (κ2) is 5.26. The van der Waals surface area contributed by atoms with E-state index in [-0.39, 0.29) is 5.56 Å². The molecule has 2 aromatic carbocycles. The lowest BCUT2D eigenvalue weighted by Crippen LogP contribution is -2.05. The molecule has 0 saturated carbocycles. The highest BCUT2D eigenvalue weighted by Gasteiger charge is 2.27. The molecule has 2 aromatic rings. The van der Waals surface area contributed by atoms with Crippen LogP contribution in [-0.2, 0) is 0 Å². The summed E-state index contributed by atoms with van der Waals surface area (Å²) in [6.45, 7) is -1.50. The van der Waals surface area contributed by atoms with Crippen LogP contribution in [0.25, 0.3) is 11.1 Å². The lowest BCUT2D eigenvalue weighted by molar-refractivity contribution is 0.181. The summed E-state index contributed by atoms with van der Waals surface area (Å²) in [6.07, 6.45) is 0. The predicted octanol–water partition coefficient (Wildman–Crippen LogP) is 4.22. The predicted molar refractivity (Wildman–Crippen MR) is 58.3 cm³/mol. The van der Waals surface area contributed by atoms with Gasteiger partial charge in [-0.05, 0) is 5.56 Å². The molecule has 0 atom stereocenters. The highest BCUT2D eigenvalue weighted by Crippen LogP contribution is 2.38. The van der Waals surface area contributed by atoms with Gasteiger partial charge in [0.05, 0.1) is 5.56 Å². The third-order valence-electron chi connectivity index (χ3n) is 2.49. The van der Waals surface area contributed by atoms with Gasteiger partial charge in [0.15, 0.2) is 17.4 Å².